The maximum absolute atomic E-state index is 11.5. The van der Waals surface area contributed by atoms with Gasteiger partial charge in [0, 0.05) is 11.9 Å². The van der Waals surface area contributed by atoms with E-state index in [4.69, 9.17) is 16.3 Å². The minimum atomic E-state index is 0.0851. The molecule has 18 heavy (non-hydrogen) atoms. The molecule has 1 aliphatic rings. The van der Waals surface area contributed by atoms with Crippen LogP contribution in [0.25, 0.3) is 11.0 Å². The fourth-order valence-corrected chi connectivity index (χ4v) is 2.88. The molecule has 0 spiro atoms. The van der Waals surface area contributed by atoms with Gasteiger partial charge >= 0.3 is 0 Å². The van der Waals surface area contributed by atoms with Crippen LogP contribution in [0.2, 0.25) is 0 Å². The van der Waals surface area contributed by atoms with Crippen LogP contribution < -0.4 is 4.60 Å². The molecule has 1 aromatic heterocycles. The van der Waals surface area contributed by atoms with Crippen LogP contribution in [0.4, 0.5) is 0 Å². The van der Waals surface area contributed by atoms with Gasteiger partial charge < -0.3 is 0 Å². The van der Waals surface area contributed by atoms with Gasteiger partial charge in [-0.2, -0.15) is 4.52 Å². The van der Waals surface area contributed by atoms with Gasteiger partial charge in [0.25, 0.3) is 10.8 Å². The van der Waals surface area contributed by atoms with Gasteiger partial charge in [-0.05, 0) is 30.7 Å². The lowest BCUT2D eigenvalue weighted by molar-refractivity contribution is -0.702. The quantitative estimate of drug-likeness (QED) is 0.744. The molecule has 0 N–H and O–H groups in total. The molecule has 1 aliphatic heterocycles. The van der Waals surface area contributed by atoms with Gasteiger partial charge in [-0.25, -0.2) is 4.42 Å². The van der Waals surface area contributed by atoms with Crippen molar-refractivity contribution >= 4 is 22.7 Å². The summed E-state index contributed by atoms with van der Waals surface area (Å²) in [5.41, 5.74) is 1.54. The fourth-order valence-electron chi connectivity index (χ4n) is 2.56. The molecule has 2 heterocycles. The van der Waals surface area contributed by atoms with Crippen LogP contribution in [-0.2, 0) is 0 Å². The number of benzene rings is 1. The van der Waals surface area contributed by atoms with Gasteiger partial charge in [-0.3, -0.25) is 0 Å². The van der Waals surface area contributed by atoms with E-state index in [9.17, 15) is 4.91 Å². The zero-order valence-electron chi connectivity index (χ0n) is 9.88. The highest BCUT2D eigenvalue weighted by atomic mass is 35.5. The van der Waals surface area contributed by atoms with Crippen LogP contribution in [0.5, 0.6) is 0 Å². The maximum atomic E-state index is 11.5. The predicted octanol–water partition coefficient (Wildman–Crippen LogP) is 3.03. The molecule has 5 heteroatoms. The van der Waals surface area contributed by atoms with Crippen LogP contribution in [-0.4, -0.2) is 11.0 Å². The molecule has 3 rings (SSSR count). The van der Waals surface area contributed by atoms with Crippen molar-refractivity contribution in [1.29, 1.82) is 0 Å². The highest BCUT2D eigenvalue weighted by Crippen LogP contribution is 2.34. The lowest BCUT2D eigenvalue weighted by Crippen LogP contribution is -2.27. The Morgan fingerprint density at radius 1 is 1.33 bits per heavy atom. The number of nitrogens with zero attached hydrogens (tertiary/aromatic N) is 2. The van der Waals surface area contributed by atoms with Crippen LogP contribution in [0.15, 0.2) is 35.0 Å². The van der Waals surface area contributed by atoms with E-state index in [0.717, 1.165) is 36.8 Å². The molecular weight excluding hydrogens is 252 g/mol. The van der Waals surface area contributed by atoms with Gasteiger partial charge in [-0.15, -0.1) is 0 Å². The Hall–Kier alpha value is -1.39. The van der Waals surface area contributed by atoms with Crippen LogP contribution in [0.3, 0.4) is 0 Å². The fraction of sp³-hybridized carbons (Fsp3) is 0.385. The van der Waals surface area contributed by atoms with Crippen molar-refractivity contribution in [2.24, 2.45) is 0 Å². The molecule has 1 saturated heterocycles. The molecular formula is C13H14ClN2O2+. The van der Waals surface area contributed by atoms with Crippen molar-refractivity contribution in [2.75, 3.05) is 6.54 Å². The van der Waals surface area contributed by atoms with Crippen molar-refractivity contribution in [3.63, 3.8) is 0 Å². The second-order valence-corrected chi connectivity index (χ2v) is 5.03. The monoisotopic (exact) mass is 265 g/mol. The molecule has 1 unspecified atom stereocenters. The first-order valence-electron chi connectivity index (χ1n) is 6.13. The second kappa shape index (κ2) is 4.71. The lowest BCUT2D eigenvalue weighted by Gasteiger charge is -2.29. The Morgan fingerprint density at radius 3 is 3.00 bits per heavy atom. The van der Waals surface area contributed by atoms with Gasteiger partial charge in [0.1, 0.15) is 0 Å². The maximum Gasteiger partial charge on any atom is 0.287 e. The Kier molecular flexibility index (Phi) is 3.06. The van der Waals surface area contributed by atoms with E-state index in [1.807, 2.05) is 18.2 Å². The van der Waals surface area contributed by atoms with Gasteiger partial charge in [0.05, 0.1) is 16.5 Å². The first-order chi connectivity index (χ1) is 8.75. The molecule has 1 fully saturated rings. The predicted molar refractivity (Wildman–Crippen MR) is 68.7 cm³/mol. The van der Waals surface area contributed by atoms with Crippen molar-refractivity contribution in [3.8, 4) is 0 Å². The second-order valence-electron chi connectivity index (χ2n) is 4.59. The topological polar surface area (TPSA) is 39.4 Å². The summed E-state index contributed by atoms with van der Waals surface area (Å²) in [4.78, 5) is 11.5. The summed E-state index contributed by atoms with van der Waals surface area (Å²) in [6.45, 7) is 0.853. The third-order valence-electron chi connectivity index (χ3n) is 3.43. The highest BCUT2D eigenvalue weighted by Gasteiger charge is 2.27. The Morgan fingerprint density at radius 2 is 2.17 bits per heavy atom. The molecule has 2 aromatic rings. The highest BCUT2D eigenvalue weighted by molar-refractivity contribution is 6.13. The van der Waals surface area contributed by atoms with E-state index >= 15 is 0 Å². The number of para-hydroxylation sites is 1. The number of hydrogen-bond donors (Lipinski definition) is 0. The summed E-state index contributed by atoms with van der Waals surface area (Å²) >= 11 is 6.26. The van der Waals surface area contributed by atoms with Gasteiger partial charge in [-0.1, -0.05) is 24.6 Å². The standard InChI is InChI=1S/C13H14ClN2O2/c14-15-8-4-3-6-12(15)11-9-16(17)18-13-7-2-1-5-10(11)13/h1-2,5,7,9,12H,3-4,6,8H2/q+1. The van der Waals surface area contributed by atoms with E-state index in [0.29, 0.717) is 10.2 Å². The summed E-state index contributed by atoms with van der Waals surface area (Å²) in [6, 6.07) is 7.65. The minimum absolute atomic E-state index is 0.0851. The summed E-state index contributed by atoms with van der Waals surface area (Å²) in [7, 11) is 0. The lowest BCUT2D eigenvalue weighted by atomic mass is 9.96. The zero-order valence-corrected chi connectivity index (χ0v) is 10.6. The van der Waals surface area contributed by atoms with E-state index in [1.165, 1.54) is 6.20 Å². The minimum Gasteiger partial charge on any atom is -0.212 e. The molecule has 1 atom stereocenters. The van der Waals surface area contributed by atoms with Crippen molar-refractivity contribution < 1.29 is 9.12 Å². The molecule has 4 nitrogen and oxygen atoms in total. The van der Waals surface area contributed by atoms with E-state index in [1.54, 1.807) is 10.5 Å². The Balaban J connectivity index is 2.18. The third kappa shape index (κ3) is 2.02. The van der Waals surface area contributed by atoms with E-state index in [2.05, 4.69) is 0 Å². The first kappa shape index (κ1) is 11.7. The number of rotatable bonds is 1. The smallest absolute Gasteiger partial charge is 0.212 e. The molecule has 0 aliphatic carbocycles. The summed E-state index contributed by atoms with van der Waals surface area (Å²) < 4.78 is 7.44. The average Bonchev–Trinajstić information content (AvgIpc) is 2.38. The Labute approximate surface area is 109 Å². The van der Waals surface area contributed by atoms with Gasteiger partial charge in [0.15, 0.2) is 0 Å². The summed E-state index contributed by atoms with van der Waals surface area (Å²) in [5.74, 6) is 0. The number of hydrogen-bond acceptors (Lipinski definition) is 3. The molecule has 1 aromatic carbocycles. The summed E-state index contributed by atoms with van der Waals surface area (Å²) in [6.07, 6.45) is 4.70. The van der Waals surface area contributed by atoms with E-state index < -0.39 is 0 Å². The van der Waals surface area contributed by atoms with Crippen LogP contribution in [0.1, 0.15) is 30.9 Å². The van der Waals surface area contributed by atoms with E-state index in [-0.39, 0.29) is 6.04 Å². The third-order valence-corrected chi connectivity index (χ3v) is 3.83. The van der Waals surface area contributed by atoms with Crippen LogP contribution >= 0.6 is 11.8 Å². The number of piperidine rings is 1. The normalized spacial score (nSPS) is 21.3. The summed E-state index contributed by atoms with van der Waals surface area (Å²) in [5, 5.41) is 0.960. The molecule has 0 bridgehead atoms. The Bertz CT molecular complexity index is 626. The number of fused-ring (bicyclic) bond motifs is 1. The van der Waals surface area contributed by atoms with Crippen molar-refractivity contribution in [2.45, 2.75) is 25.3 Å². The van der Waals surface area contributed by atoms with Crippen LogP contribution in [0, 0.1) is 4.91 Å². The molecule has 0 radical (unpaired) electrons. The largest absolute Gasteiger partial charge is 0.287 e. The molecule has 0 amide bonds. The number of halogens is 1. The first-order valence-corrected chi connectivity index (χ1v) is 6.47. The number of aromatic nitrogens is 1. The zero-order chi connectivity index (χ0) is 12.5. The van der Waals surface area contributed by atoms with Crippen molar-refractivity contribution in [1.82, 2.24) is 4.42 Å². The van der Waals surface area contributed by atoms with Gasteiger partial charge in [0.2, 0.25) is 5.58 Å². The average molecular weight is 266 g/mol. The SMILES string of the molecule is O=[n+]1cc(C2CCCCN2Cl)c2ccccc2o1. The van der Waals surface area contributed by atoms with Crippen molar-refractivity contribution in [3.05, 3.63) is 40.9 Å². The molecule has 94 valence electrons. The molecule has 0 saturated carbocycles.